The summed E-state index contributed by atoms with van der Waals surface area (Å²) in [4.78, 5) is 12.2. The molecular weight excluding hydrogens is 447 g/mol. The van der Waals surface area contributed by atoms with Crippen LogP contribution >= 0.6 is 34.8 Å². The lowest BCUT2D eigenvalue weighted by molar-refractivity contribution is -0.118. The molecule has 30 heavy (non-hydrogen) atoms. The zero-order valence-electron chi connectivity index (χ0n) is 16.0. The zero-order valence-corrected chi connectivity index (χ0v) is 18.3. The molecule has 3 aromatic rings. The van der Waals surface area contributed by atoms with Crippen molar-refractivity contribution in [1.29, 1.82) is 0 Å². The Kier molecular flexibility index (Phi) is 7.69. The number of amides is 1. The Morgan fingerprint density at radius 3 is 2.43 bits per heavy atom. The van der Waals surface area contributed by atoms with Crippen molar-refractivity contribution in [2.75, 3.05) is 24.4 Å². The van der Waals surface area contributed by atoms with Crippen LogP contribution < -0.4 is 20.1 Å². The second-order valence-electron chi connectivity index (χ2n) is 6.28. The maximum absolute atomic E-state index is 12.2. The monoisotopic (exact) mass is 464 g/mol. The fraction of sp³-hybridized carbons (Fsp3) is 0.136. The minimum atomic E-state index is -0.319. The molecule has 0 spiro atoms. The van der Waals surface area contributed by atoms with Gasteiger partial charge in [0.15, 0.2) is 6.61 Å². The van der Waals surface area contributed by atoms with E-state index < -0.39 is 0 Å². The maximum Gasteiger partial charge on any atom is 0.262 e. The van der Waals surface area contributed by atoms with Crippen LogP contribution in [0.3, 0.4) is 0 Å². The molecule has 0 saturated heterocycles. The Morgan fingerprint density at radius 1 is 0.900 bits per heavy atom. The summed E-state index contributed by atoms with van der Waals surface area (Å²) in [7, 11) is 1.54. The maximum atomic E-state index is 12.2. The smallest absolute Gasteiger partial charge is 0.262 e. The van der Waals surface area contributed by atoms with E-state index in [0.717, 1.165) is 11.3 Å². The van der Waals surface area contributed by atoms with E-state index >= 15 is 0 Å². The van der Waals surface area contributed by atoms with Crippen molar-refractivity contribution in [3.8, 4) is 11.5 Å². The van der Waals surface area contributed by atoms with Crippen molar-refractivity contribution >= 4 is 52.1 Å². The van der Waals surface area contributed by atoms with Gasteiger partial charge < -0.3 is 20.1 Å². The number of hydrogen-bond donors (Lipinski definition) is 2. The van der Waals surface area contributed by atoms with E-state index in [0.29, 0.717) is 38.8 Å². The number of para-hydroxylation sites is 2. The van der Waals surface area contributed by atoms with Crippen molar-refractivity contribution in [3.63, 3.8) is 0 Å². The molecule has 0 aliphatic rings. The predicted octanol–water partition coefficient (Wildman–Crippen LogP) is 6.29. The summed E-state index contributed by atoms with van der Waals surface area (Å²) in [6, 6.07) is 17.8. The molecule has 3 rings (SSSR count). The molecule has 1 amide bonds. The molecule has 0 bridgehead atoms. The van der Waals surface area contributed by atoms with E-state index in [1.165, 1.54) is 0 Å². The second-order valence-corrected chi connectivity index (χ2v) is 7.51. The standard InChI is InChI=1S/C22H19Cl3N2O3/c1-29-21-5-3-2-4-19(21)27-22(28)13-30-20-9-6-14(10-18(20)25)12-26-15-7-8-16(23)17(24)11-15/h2-11,26H,12-13H2,1H3,(H,27,28). The van der Waals surface area contributed by atoms with Gasteiger partial charge in [0.25, 0.3) is 5.91 Å². The van der Waals surface area contributed by atoms with E-state index in [2.05, 4.69) is 10.6 Å². The van der Waals surface area contributed by atoms with Gasteiger partial charge in [-0.15, -0.1) is 0 Å². The molecule has 8 heteroatoms. The highest BCUT2D eigenvalue weighted by Crippen LogP contribution is 2.28. The van der Waals surface area contributed by atoms with Crippen molar-refractivity contribution in [1.82, 2.24) is 0 Å². The van der Waals surface area contributed by atoms with Crippen molar-refractivity contribution < 1.29 is 14.3 Å². The number of rotatable bonds is 8. The van der Waals surface area contributed by atoms with Gasteiger partial charge in [-0.25, -0.2) is 0 Å². The average Bonchev–Trinajstić information content (AvgIpc) is 2.74. The highest BCUT2D eigenvalue weighted by molar-refractivity contribution is 6.42. The van der Waals surface area contributed by atoms with Crippen molar-refractivity contribution in [2.24, 2.45) is 0 Å². The summed E-state index contributed by atoms with van der Waals surface area (Å²) in [5.41, 5.74) is 2.36. The van der Waals surface area contributed by atoms with Crippen LogP contribution in [0.15, 0.2) is 60.7 Å². The number of hydrogen-bond acceptors (Lipinski definition) is 4. The Balaban J connectivity index is 1.54. The summed E-state index contributed by atoms with van der Waals surface area (Å²) in [5.74, 6) is 0.675. The Bertz CT molecular complexity index is 1040. The molecule has 0 radical (unpaired) electrons. The first-order valence-corrected chi connectivity index (χ1v) is 10.1. The fourth-order valence-electron chi connectivity index (χ4n) is 2.66. The summed E-state index contributed by atoms with van der Waals surface area (Å²) in [5, 5.41) is 7.39. The van der Waals surface area contributed by atoms with Crippen LogP contribution in [0.4, 0.5) is 11.4 Å². The zero-order chi connectivity index (χ0) is 21.5. The topological polar surface area (TPSA) is 59.6 Å². The molecule has 0 aliphatic heterocycles. The van der Waals surface area contributed by atoms with Crippen LogP contribution in [-0.4, -0.2) is 19.6 Å². The van der Waals surface area contributed by atoms with Gasteiger partial charge in [0.05, 0.1) is 27.9 Å². The highest BCUT2D eigenvalue weighted by atomic mass is 35.5. The van der Waals surface area contributed by atoms with Gasteiger partial charge in [0, 0.05) is 12.2 Å². The van der Waals surface area contributed by atoms with Crippen LogP contribution in [0, 0.1) is 0 Å². The summed E-state index contributed by atoms with van der Waals surface area (Å²) in [6.45, 7) is 0.352. The van der Waals surface area contributed by atoms with Gasteiger partial charge in [-0.05, 0) is 48.0 Å². The third kappa shape index (κ3) is 5.95. The first kappa shape index (κ1) is 22.1. The quantitative estimate of drug-likeness (QED) is 0.411. The predicted molar refractivity (Wildman–Crippen MR) is 122 cm³/mol. The number of anilines is 2. The van der Waals surface area contributed by atoms with Gasteiger partial charge in [0.1, 0.15) is 11.5 Å². The number of carbonyl (C=O) groups is 1. The molecule has 0 heterocycles. The van der Waals surface area contributed by atoms with Crippen LogP contribution in [0.2, 0.25) is 15.1 Å². The number of ether oxygens (including phenoxy) is 2. The molecule has 0 unspecified atom stereocenters. The van der Waals surface area contributed by atoms with Gasteiger partial charge in [-0.1, -0.05) is 53.0 Å². The third-order valence-electron chi connectivity index (χ3n) is 4.15. The lowest BCUT2D eigenvalue weighted by Gasteiger charge is -2.12. The Labute approximate surface area is 189 Å². The van der Waals surface area contributed by atoms with Crippen molar-refractivity contribution in [3.05, 3.63) is 81.3 Å². The molecule has 156 valence electrons. The van der Waals surface area contributed by atoms with Crippen LogP contribution in [0.1, 0.15) is 5.56 Å². The van der Waals surface area contributed by atoms with E-state index in [9.17, 15) is 4.79 Å². The van der Waals surface area contributed by atoms with Crippen LogP contribution in [0.5, 0.6) is 11.5 Å². The molecule has 0 aromatic heterocycles. The lowest BCUT2D eigenvalue weighted by atomic mass is 10.2. The van der Waals surface area contributed by atoms with E-state index in [1.54, 1.807) is 49.6 Å². The van der Waals surface area contributed by atoms with Crippen molar-refractivity contribution in [2.45, 2.75) is 6.54 Å². The first-order valence-electron chi connectivity index (χ1n) is 8.99. The Morgan fingerprint density at radius 2 is 1.70 bits per heavy atom. The Hall–Kier alpha value is -2.60. The lowest BCUT2D eigenvalue weighted by Crippen LogP contribution is -2.20. The van der Waals surface area contributed by atoms with Gasteiger partial charge in [0.2, 0.25) is 0 Å². The summed E-state index contributed by atoms with van der Waals surface area (Å²) >= 11 is 18.2. The molecule has 0 aliphatic carbocycles. The number of halogens is 3. The van der Waals surface area contributed by atoms with E-state index in [4.69, 9.17) is 44.3 Å². The number of methoxy groups -OCH3 is 1. The van der Waals surface area contributed by atoms with Crippen LogP contribution in [0.25, 0.3) is 0 Å². The SMILES string of the molecule is COc1ccccc1NC(=O)COc1ccc(CNc2ccc(Cl)c(Cl)c2)cc1Cl. The first-order chi connectivity index (χ1) is 14.5. The van der Waals surface area contributed by atoms with Gasteiger partial charge >= 0.3 is 0 Å². The second kappa shape index (κ2) is 10.4. The summed E-state index contributed by atoms with van der Waals surface area (Å²) < 4.78 is 10.8. The molecule has 0 fully saturated rings. The summed E-state index contributed by atoms with van der Waals surface area (Å²) in [6.07, 6.45) is 0. The molecule has 3 aromatic carbocycles. The van der Waals surface area contributed by atoms with Gasteiger partial charge in [-0.2, -0.15) is 0 Å². The number of nitrogens with one attached hydrogen (secondary N) is 2. The number of carbonyl (C=O) groups excluding carboxylic acids is 1. The van der Waals surface area contributed by atoms with E-state index in [-0.39, 0.29) is 12.5 Å². The highest BCUT2D eigenvalue weighted by Gasteiger charge is 2.10. The van der Waals surface area contributed by atoms with Gasteiger partial charge in [-0.3, -0.25) is 4.79 Å². The molecule has 2 N–H and O–H groups in total. The molecule has 0 saturated carbocycles. The van der Waals surface area contributed by atoms with Crippen LogP contribution in [-0.2, 0) is 11.3 Å². The number of benzene rings is 3. The average molecular weight is 466 g/mol. The largest absolute Gasteiger partial charge is 0.495 e. The minimum Gasteiger partial charge on any atom is -0.495 e. The normalized spacial score (nSPS) is 10.4. The van der Waals surface area contributed by atoms with E-state index in [1.807, 2.05) is 18.2 Å². The molecule has 0 atom stereocenters. The third-order valence-corrected chi connectivity index (χ3v) is 5.19. The fourth-order valence-corrected chi connectivity index (χ4v) is 3.21. The molecule has 5 nitrogen and oxygen atoms in total. The minimum absolute atomic E-state index is 0.182. The molecular formula is C22H19Cl3N2O3.